The molecule has 1 saturated heterocycles. The van der Waals surface area contributed by atoms with Gasteiger partial charge >= 0.3 is 0 Å². The Hall–Kier alpha value is -1.78. The van der Waals surface area contributed by atoms with Gasteiger partial charge in [0.2, 0.25) is 0 Å². The summed E-state index contributed by atoms with van der Waals surface area (Å²) < 4.78 is 5.23. The number of nitro benzene ring substituents is 1. The SMILES string of the molecule is COc1cc([N+](=O)[O-])ccc1N1CC[CH]CC1. The van der Waals surface area contributed by atoms with Crippen molar-refractivity contribution >= 4 is 11.4 Å². The van der Waals surface area contributed by atoms with Crippen molar-refractivity contribution in [2.45, 2.75) is 12.8 Å². The largest absolute Gasteiger partial charge is 0.494 e. The van der Waals surface area contributed by atoms with Gasteiger partial charge in [-0.05, 0) is 25.3 Å². The normalized spacial score (nSPS) is 15.7. The van der Waals surface area contributed by atoms with Gasteiger partial charge in [-0.25, -0.2) is 0 Å². The minimum atomic E-state index is -0.406. The molecule has 0 N–H and O–H groups in total. The highest BCUT2D eigenvalue weighted by molar-refractivity contribution is 5.62. The molecule has 17 heavy (non-hydrogen) atoms. The maximum atomic E-state index is 10.7. The fourth-order valence-electron chi connectivity index (χ4n) is 2.03. The Morgan fingerprint density at radius 3 is 2.65 bits per heavy atom. The van der Waals surface area contributed by atoms with Crippen LogP contribution in [0.2, 0.25) is 0 Å². The van der Waals surface area contributed by atoms with Crippen LogP contribution in [0, 0.1) is 16.5 Å². The van der Waals surface area contributed by atoms with Gasteiger partial charge in [0.25, 0.3) is 5.69 Å². The van der Waals surface area contributed by atoms with E-state index in [9.17, 15) is 10.1 Å². The fraction of sp³-hybridized carbons (Fsp3) is 0.417. The van der Waals surface area contributed by atoms with Crippen molar-refractivity contribution in [3.05, 3.63) is 34.7 Å². The lowest BCUT2D eigenvalue weighted by Crippen LogP contribution is -2.29. The van der Waals surface area contributed by atoms with E-state index in [0.717, 1.165) is 31.6 Å². The first-order valence-electron chi connectivity index (χ1n) is 5.61. The number of hydrogen-bond acceptors (Lipinski definition) is 4. The van der Waals surface area contributed by atoms with Crippen molar-refractivity contribution in [1.82, 2.24) is 0 Å². The van der Waals surface area contributed by atoms with Crippen LogP contribution in [0.15, 0.2) is 18.2 Å². The molecule has 1 aromatic carbocycles. The molecule has 0 spiro atoms. The molecule has 1 aliphatic heterocycles. The molecule has 0 aliphatic carbocycles. The topological polar surface area (TPSA) is 55.6 Å². The molecule has 5 nitrogen and oxygen atoms in total. The number of methoxy groups -OCH3 is 1. The third-order valence-electron chi connectivity index (χ3n) is 2.92. The molecule has 1 fully saturated rings. The monoisotopic (exact) mass is 235 g/mol. The lowest BCUT2D eigenvalue weighted by Gasteiger charge is -2.29. The summed E-state index contributed by atoms with van der Waals surface area (Å²) in [5.74, 6) is 0.570. The van der Waals surface area contributed by atoms with E-state index < -0.39 is 4.92 Å². The van der Waals surface area contributed by atoms with E-state index in [1.165, 1.54) is 12.1 Å². The summed E-state index contributed by atoms with van der Waals surface area (Å²) in [6, 6.07) is 4.77. The number of rotatable bonds is 3. The van der Waals surface area contributed by atoms with Crippen LogP contribution in [0.25, 0.3) is 0 Å². The van der Waals surface area contributed by atoms with Crippen LogP contribution in [0.3, 0.4) is 0 Å². The molecule has 2 rings (SSSR count). The third-order valence-corrected chi connectivity index (χ3v) is 2.92. The zero-order valence-electron chi connectivity index (χ0n) is 9.76. The van der Waals surface area contributed by atoms with Crippen LogP contribution in [0.4, 0.5) is 11.4 Å². The third kappa shape index (κ3) is 2.49. The van der Waals surface area contributed by atoms with Gasteiger partial charge in [0.1, 0.15) is 5.75 Å². The van der Waals surface area contributed by atoms with Gasteiger partial charge in [-0.1, -0.05) is 0 Å². The van der Waals surface area contributed by atoms with Gasteiger partial charge in [0.15, 0.2) is 0 Å². The second-order valence-corrected chi connectivity index (χ2v) is 3.97. The van der Waals surface area contributed by atoms with E-state index in [0.29, 0.717) is 5.75 Å². The summed E-state index contributed by atoms with van der Waals surface area (Å²) in [6.45, 7) is 1.88. The Morgan fingerprint density at radius 2 is 2.06 bits per heavy atom. The molecular formula is C12H15N2O3. The molecule has 0 bridgehead atoms. The molecule has 1 heterocycles. The Kier molecular flexibility index (Phi) is 3.46. The predicted molar refractivity (Wildman–Crippen MR) is 65.4 cm³/mol. The van der Waals surface area contributed by atoms with Crippen molar-refractivity contribution in [3.63, 3.8) is 0 Å². The summed E-state index contributed by atoms with van der Waals surface area (Å²) in [5, 5.41) is 10.7. The highest BCUT2D eigenvalue weighted by Crippen LogP contribution is 2.33. The Balaban J connectivity index is 2.29. The van der Waals surface area contributed by atoms with Gasteiger partial charge in [-0.15, -0.1) is 0 Å². The number of piperidine rings is 1. The zero-order valence-corrected chi connectivity index (χ0v) is 9.76. The summed E-state index contributed by atoms with van der Waals surface area (Å²) in [7, 11) is 1.54. The number of benzene rings is 1. The molecule has 0 aromatic heterocycles. The predicted octanol–water partition coefficient (Wildman–Crippen LogP) is 2.41. The first-order chi connectivity index (χ1) is 8.22. The minimum Gasteiger partial charge on any atom is -0.494 e. The van der Waals surface area contributed by atoms with Crippen LogP contribution in [-0.4, -0.2) is 25.1 Å². The first-order valence-corrected chi connectivity index (χ1v) is 5.61. The number of hydrogen-bond donors (Lipinski definition) is 0. The van der Waals surface area contributed by atoms with Crippen LogP contribution >= 0.6 is 0 Å². The van der Waals surface area contributed by atoms with Gasteiger partial charge in [-0.2, -0.15) is 0 Å². The average molecular weight is 235 g/mol. The second kappa shape index (κ2) is 5.03. The molecule has 5 heteroatoms. The Morgan fingerprint density at radius 1 is 1.35 bits per heavy atom. The molecular weight excluding hydrogens is 220 g/mol. The lowest BCUT2D eigenvalue weighted by atomic mass is 10.1. The van der Waals surface area contributed by atoms with Crippen molar-refractivity contribution in [1.29, 1.82) is 0 Å². The summed E-state index contributed by atoms with van der Waals surface area (Å²) in [4.78, 5) is 12.5. The van der Waals surface area contributed by atoms with Gasteiger partial charge < -0.3 is 9.64 Å². The average Bonchev–Trinajstić information content (AvgIpc) is 2.39. The maximum Gasteiger partial charge on any atom is 0.273 e. The van der Waals surface area contributed by atoms with Gasteiger partial charge in [0.05, 0.1) is 23.8 Å². The Labute approximate surface area is 100 Å². The lowest BCUT2D eigenvalue weighted by molar-refractivity contribution is -0.384. The van der Waals surface area contributed by atoms with E-state index in [1.54, 1.807) is 13.2 Å². The molecule has 1 aromatic rings. The molecule has 0 unspecified atom stereocenters. The van der Waals surface area contributed by atoms with Crippen LogP contribution in [0.5, 0.6) is 5.75 Å². The molecule has 1 radical (unpaired) electrons. The summed E-state index contributed by atoms with van der Waals surface area (Å²) >= 11 is 0. The van der Waals surface area contributed by atoms with E-state index in [1.807, 2.05) is 0 Å². The molecule has 0 saturated carbocycles. The summed E-state index contributed by atoms with van der Waals surface area (Å²) in [6.07, 6.45) is 4.34. The fourth-order valence-corrected chi connectivity index (χ4v) is 2.03. The number of non-ortho nitro benzene ring substituents is 1. The van der Waals surface area contributed by atoms with Crippen molar-refractivity contribution < 1.29 is 9.66 Å². The van der Waals surface area contributed by atoms with E-state index in [4.69, 9.17) is 4.74 Å². The van der Waals surface area contributed by atoms with E-state index >= 15 is 0 Å². The smallest absolute Gasteiger partial charge is 0.273 e. The zero-order chi connectivity index (χ0) is 12.3. The van der Waals surface area contributed by atoms with Crippen molar-refractivity contribution in [3.8, 4) is 5.75 Å². The van der Waals surface area contributed by atoms with Crippen molar-refractivity contribution in [2.24, 2.45) is 0 Å². The summed E-state index contributed by atoms with van der Waals surface area (Å²) in [5.41, 5.74) is 1.00. The first kappa shape index (κ1) is 11.7. The quantitative estimate of drug-likeness (QED) is 0.596. The van der Waals surface area contributed by atoms with Crippen LogP contribution in [0.1, 0.15) is 12.8 Å². The number of nitrogens with zero attached hydrogens (tertiary/aromatic N) is 2. The van der Waals surface area contributed by atoms with E-state index in [2.05, 4.69) is 11.3 Å². The maximum absolute atomic E-state index is 10.7. The molecule has 0 atom stereocenters. The molecule has 0 amide bonds. The Bertz CT molecular complexity index is 414. The highest BCUT2D eigenvalue weighted by Gasteiger charge is 2.18. The van der Waals surface area contributed by atoms with Gasteiger partial charge in [0, 0.05) is 19.2 Å². The van der Waals surface area contributed by atoms with Crippen LogP contribution < -0.4 is 9.64 Å². The van der Waals surface area contributed by atoms with Crippen molar-refractivity contribution in [2.75, 3.05) is 25.1 Å². The number of anilines is 1. The van der Waals surface area contributed by atoms with E-state index in [-0.39, 0.29) is 5.69 Å². The minimum absolute atomic E-state index is 0.0640. The number of nitro groups is 1. The second-order valence-electron chi connectivity index (χ2n) is 3.97. The number of ether oxygens (including phenoxy) is 1. The standard InChI is InChI=1S/C12H15N2O3/c1-17-12-9-10(14(15)16)5-6-11(12)13-7-3-2-4-8-13/h2,5-6,9H,3-4,7-8H2,1H3. The molecule has 1 aliphatic rings. The molecule has 91 valence electrons. The highest BCUT2D eigenvalue weighted by atomic mass is 16.6. The van der Waals surface area contributed by atoms with Gasteiger partial charge in [-0.3, -0.25) is 10.1 Å². The van der Waals surface area contributed by atoms with Crippen LogP contribution in [-0.2, 0) is 0 Å².